The Labute approximate surface area is 157 Å². The van der Waals surface area contributed by atoms with Gasteiger partial charge in [-0.1, -0.05) is 15.9 Å². The summed E-state index contributed by atoms with van der Waals surface area (Å²) in [5.41, 5.74) is 0.632. The molecule has 0 saturated carbocycles. The topological polar surface area (TPSA) is 102 Å². The summed E-state index contributed by atoms with van der Waals surface area (Å²) in [5, 5.41) is 10.6. The van der Waals surface area contributed by atoms with Gasteiger partial charge in [-0.3, -0.25) is 4.98 Å². The van der Waals surface area contributed by atoms with E-state index in [9.17, 15) is 13.5 Å². The van der Waals surface area contributed by atoms with Crippen LogP contribution >= 0.6 is 15.9 Å². The maximum atomic E-state index is 10.6. The number of hydrogen-bond donors (Lipinski definition) is 3. The van der Waals surface area contributed by atoms with E-state index in [0.29, 0.717) is 23.5 Å². The summed E-state index contributed by atoms with van der Waals surface area (Å²) in [7, 11) is -4.66. The van der Waals surface area contributed by atoms with Crippen molar-refractivity contribution in [3.8, 4) is 22.8 Å². The standard InChI is InChI=1S/C15H21BrN2O5SSi/c1-25(2,3)23-15-12(19)13(10-5-4-7-17-9-10)22-14(15)11(16)6-8-18-24(20)21/h4-5,7,9,11,19,24H,6,8H2,1-3H3,(H,18,20,21). The quantitative estimate of drug-likeness (QED) is 0.325. The zero-order valence-electron chi connectivity index (χ0n) is 14.2. The Morgan fingerprint density at radius 1 is 1.44 bits per heavy atom. The Bertz CT molecular complexity index is 781. The second kappa shape index (κ2) is 8.34. The van der Waals surface area contributed by atoms with Crippen LogP contribution in [-0.2, 0) is 10.9 Å². The molecular formula is C15H21BrN2O5SSi. The van der Waals surface area contributed by atoms with Crippen LogP contribution in [0, 0.1) is 0 Å². The summed E-state index contributed by atoms with van der Waals surface area (Å²) in [4.78, 5) is 3.72. The summed E-state index contributed by atoms with van der Waals surface area (Å²) in [6.45, 7) is 6.24. The highest BCUT2D eigenvalue weighted by atomic mass is 79.9. The van der Waals surface area contributed by atoms with Crippen molar-refractivity contribution in [3.05, 3.63) is 30.3 Å². The van der Waals surface area contributed by atoms with Crippen LogP contribution in [0.3, 0.4) is 0 Å². The van der Waals surface area contributed by atoms with E-state index in [4.69, 9.17) is 8.84 Å². The smallest absolute Gasteiger partial charge is 0.242 e. The monoisotopic (exact) mass is 448 g/mol. The van der Waals surface area contributed by atoms with Crippen molar-refractivity contribution in [3.63, 3.8) is 0 Å². The minimum Gasteiger partial charge on any atom is -0.539 e. The van der Waals surface area contributed by atoms with Gasteiger partial charge < -0.3 is 13.9 Å². The molecule has 0 amide bonds. The Hall–Kier alpha value is -1.36. The molecule has 2 N–H and O–H groups in total. The number of hydrogen-bond acceptors (Lipinski definition) is 6. The average Bonchev–Trinajstić information content (AvgIpc) is 2.83. The fourth-order valence-electron chi connectivity index (χ4n) is 2.14. The lowest BCUT2D eigenvalue weighted by molar-refractivity contribution is 0.438. The summed E-state index contributed by atoms with van der Waals surface area (Å²) in [6.07, 6.45) is 3.66. The first-order valence-corrected chi connectivity index (χ1v) is 13.2. The average molecular weight is 449 g/mol. The number of alkyl halides is 1. The molecule has 2 aromatic heterocycles. The van der Waals surface area contributed by atoms with Crippen molar-refractivity contribution in [1.29, 1.82) is 0 Å². The number of aromatic hydroxyl groups is 1. The van der Waals surface area contributed by atoms with Gasteiger partial charge in [-0.25, -0.2) is 13.1 Å². The Morgan fingerprint density at radius 3 is 2.72 bits per heavy atom. The first-order valence-electron chi connectivity index (χ1n) is 7.66. The normalized spacial score (nSPS) is 13.2. The predicted octanol–water partition coefficient (Wildman–Crippen LogP) is 3.20. The molecule has 0 radical (unpaired) electrons. The van der Waals surface area contributed by atoms with Gasteiger partial charge in [-0.2, -0.15) is 0 Å². The highest BCUT2D eigenvalue weighted by molar-refractivity contribution is 9.09. The Morgan fingerprint density at radius 2 is 2.16 bits per heavy atom. The van der Waals surface area contributed by atoms with E-state index in [-0.39, 0.29) is 22.9 Å². The number of pyridine rings is 1. The first kappa shape index (κ1) is 20.0. The predicted molar refractivity (Wildman–Crippen MR) is 102 cm³/mol. The van der Waals surface area contributed by atoms with Crippen LogP contribution in [0.1, 0.15) is 17.0 Å². The minimum atomic E-state index is -2.65. The van der Waals surface area contributed by atoms with E-state index in [1.807, 2.05) is 19.6 Å². The molecule has 0 bridgehead atoms. The molecule has 25 heavy (non-hydrogen) atoms. The van der Waals surface area contributed by atoms with Gasteiger partial charge in [0.2, 0.25) is 25.0 Å². The molecule has 0 aliphatic carbocycles. The molecular weight excluding hydrogens is 428 g/mol. The summed E-state index contributed by atoms with van der Waals surface area (Å²) >= 11 is 3.49. The van der Waals surface area contributed by atoms with Crippen LogP contribution in [0.25, 0.3) is 11.3 Å². The van der Waals surface area contributed by atoms with Crippen molar-refractivity contribution in [1.82, 2.24) is 9.71 Å². The first-order chi connectivity index (χ1) is 11.7. The lowest BCUT2D eigenvalue weighted by atomic mass is 10.2. The zero-order valence-corrected chi connectivity index (χ0v) is 17.6. The molecule has 0 fully saturated rings. The molecule has 7 nitrogen and oxygen atoms in total. The van der Waals surface area contributed by atoms with Gasteiger partial charge in [0.1, 0.15) is 0 Å². The fourth-order valence-corrected chi connectivity index (χ4v) is 3.79. The number of halogens is 1. The van der Waals surface area contributed by atoms with E-state index >= 15 is 0 Å². The molecule has 2 heterocycles. The Balaban J connectivity index is 2.39. The van der Waals surface area contributed by atoms with Crippen LogP contribution in [0.15, 0.2) is 28.9 Å². The molecule has 10 heteroatoms. The summed E-state index contributed by atoms with van der Waals surface area (Å²) in [5.74, 6) is 0.939. The third-order valence-corrected chi connectivity index (χ3v) is 5.29. The fraction of sp³-hybridized carbons (Fsp3) is 0.400. The maximum absolute atomic E-state index is 10.6. The van der Waals surface area contributed by atoms with Crippen molar-refractivity contribution >= 4 is 35.1 Å². The van der Waals surface area contributed by atoms with Gasteiger partial charge in [0.15, 0.2) is 17.3 Å². The highest BCUT2D eigenvalue weighted by Crippen LogP contribution is 2.48. The molecule has 2 rings (SSSR count). The van der Waals surface area contributed by atoms with Crippen molar-refractivity contribution in [2.24, 2.45) is 0 Å². The number of nitrogens with one attached hydrogen (secondary N) is 1. The van der Waals surface area contributed by atoms with Gasteiger partial charge in [-0.15, -0.1) is 0 Å². The van der Waals surface area contributed by atoms with Crippen LogP contribution < -0.4 is 9.15 Å². The van der Waals surface area contributed by atoms with Gasteiger partial charge >= 0.3 is 0 Å². The van der Waals surface area contributed by atoms with Crippen LogP contribution in [0.4, 0.5) is 0 Å². The van der Waals surface area contributed by atoms with E-state index in [2.05, 4.69) is 25.6 Å². The van der Waals surface area contributed by atoms with Gasteiger partial charge in [0.05, 0.1) is 4.83 Å². The molecule has 0 saturated heterocycles. The van der Waals surface area contributed by atoms with Crippen LogP contribution in [0.2, 0.25) is 19.6 Å². The Kier molecular flexibility index (Phi) is 6.66. The van der Waals surface area contributed by atoms with Crippen molar-refractivity contribution in [2.45, 2.75) is 30.9 Å². The maximum Gasteiger partial charge on any atom is 0.242 e. The summed E-state index contributed by atoms with van der Waals surface area (Å²) < 4.78 is 35.5. The molecule has 138 valence electrons. The van der Waals surface area contributed by atoms with Crippen LogP contribution in [0.5, 0.6) is 11.5 Å². The SMILES string of the molecule is C[Si](C)(C)Oc1c(C(Br)CCN[SH](=O)=O)oc(-c2cccnc2)c1O. The number of rotatable bonds is 8. The molecule has 0 aliphatic heterocycles. The molecule has 1 atom stereocenters. The van der Waals surface area contributed by atoms with E-state index in [0.717, 1.165) is 0 Å². The number of aromatic nitrogens is 1. The van der Waals surface area contributed by atoms with Gasteiger partial charge in [0, 0.05) is 24.5 Å². The third-order valence-electron chi connectivity index (χ3n) is 3.12. The largest absolute Gasteiger partial charge is 0.539 e. The van der Waals surface area contributed by atoms with E-state index < -0.39 is 19.2 Å². The lowest BCUT2D eigenvalue weighted by Gasteiger charge is -2.20. The lowest BCUT2D eigenvalue weighted by Crippen LogP contribution is -2.29. The zero-order chi connectivity index (χ0) is 18.6. The highest BCUT2D eigenvalue weighted by Gasteiger charge is 2.30. The van der Waals surface area contributed by atoms with Crippen molar-refractivity contribution < 1.29 is 22.4 Å². The summed E-state index contributed by atoms with van der Waals surface area (Å²) in [6, 6.07) is 3.52. The van der Waals surface area contributed by atoms with E-state index in [1.54, 1.807) is 24.5 Å². The van der Waals surface area contributed by atoms with Gasteiger partial charge in [-0.05, 0) is 38.2 Å². The van der Waals surface area contributed by atoms with Crippen molar-refractivity contribution in [2.75, 3.05) is 6.54 Å². The minimum absolute atomic E-state index is 0.0715. The number of nitrogens with zero attached hydrogens (tertiary/aromatic N) is 1. The second-order valence-corrected chi connectivity index (χ2v) is 12.7. The molecule has 2 aromatic rings. The van der Waals surface area contributed by atoms with Crippen LogP contribution in [-0.4, -0.2) is 33.4 Å². The molecule has 0 aromatic carbocycles. The van der Waals surface area contributed by atoms with E-state index in [1.165, 1.54) is 0 Å². The second-order valence-electron chi connectivity index (χ2n) is 6.35. The molecule has 1 unspecified atom stereocenters. The molecule has 0 spiro atoms. The van der Waals surface area contributed by atoms with Gasteiger partial charge in [0.25, 0.3) is 0 Å². The number of furan rings is 1. The number of thiol groups is 1. The molecule has 0 aliphatic rings. The third kappa shape index (κ3) is 5.56.